The van der Waals surface area contributed by atoms with Gasteiger partial charge in [0.2, 0.25) is 0 Å². The maximum Gasteiger partial charge on any atom is 0.195 e. The molecular weight excluding hydrogens is 246 g/mol. The van der Waals surface area contributed by atoms with Crippen molar-refractivity contribution in [3.8, 4) is 12.3 Å². The molecule has 1 heterocycles. The van der Waals surface area contributed by atoms with Crippen LogP contribution in [0.3, 0.4) is 0 Å². The van der Waals surface area contributed by atoms with E-state index in [1.165, 1.54) is 5.56 Å². The standard InChI is InChI=1S/C12H15N5S/c1-2-6-15-11(13)17-12(18)16-9-5-10-3-7-14-8-4-10/h1,3-4,7-8H,5-6,9H2,(H4,13,15,16,17,18). The number of hydrogen-bond acceptors (Lipinski definition) is 3. The van der Waals surface area contributed by atoms with Crippen molar-refractivity contribution in [2.24, 2.45) is 10.7 Å². The topological polar surface area (TPSA) is 75.3 Å². The Morgan fingerprint density at radius 1 is 1.50 bits per heavy atom. The summed E-state index contributed by atoms with van der Waals surface area (Å²) in [7, 11) is 0. The Morgan fingerprint density at radius 2 is 2.22 bits per heavy atom. The van der Waals surface area contributed by atoms with E-state index in [-0.39, 0.29) is 12.5 Å². The predicted octanol–water partition coefficient (Wildman–Crippen LogP) is 0.0361. The molecule has 0 bridgehead atoms. The number of pyridine rings is 1. The van der Waals surface area contributed by atoms with Gasteiger partial charge >= 0.3 is 0 Å². The van der Waals surface area contributed by atoms with E-state index in [2.05, 4.69) is 26.5 Å². The third-order valence-electron chi connectivity index (χ3n) is 2.03. The molecule has 0 spiro atoms. The van der Waals surface area contributed by atoms with E-state index in [4.69, 9.17) is 24.4 Å². The van der Waals surface area contributed by atoms with Crippen molar-refractivity contribution in [3.05, 3.63) is 30.1 Å². The van der Waals surface area contributed by atoms with Gasteiger partial charge in [-0.3, -0.25) is 4.98 Å². The van der Waals surface area contributed by atoms with Crippen molar-refractivity contribution in [3.63, 3.8) is 0 Å². The largest absolute Gasteiger partial charge is 0.370 e. The second-order valence-electron chi connectivity index (χ2n) is 3.39. The Labute approximate surface area is 112 Å². The fourth-order valence-corrected chi connectivity index (χ4v) is 1.41. The van der Waals surface area contributed by atoms with E-state index in [1.54, 1.807) is 12.4 Å². The Morgan fingerprint density at radius 3 is 2.89 bits per heavy atom. The first-order valence-electron chi connectivity index (χ1n) is 5.39. The molecule has 4 N–H and O–H groups in total. The average Bonchev–Trinajstić information content (AvgIpc) is 2.37. The van der Waals surface area contributed by atoms with E-state index in [1.807, 2.05) is 12.1 Å². The third-order valence-corrected chi connectivity index (χ3v) is 2.28. The van der Waals surface area contributed by atoms with E-state index >= 15 is 0 Å². The van der Waals surface area contributed by atoms with Gasteiger partial charge in [0.15, 0.2) is 11.1 Å². The summed E-state index contributed by atoms with van der Waals surface area (Å²) in [5, 5.41) is 6.20. The summed E-state index contributed by atoms with van der Waals surface area (Å²) in [4.78, 5) is 7.81. The third kappa shape index (κ3) is 5.82. The lowest BCUT2D eigenvalue weighted by Crippen LogP contribution is -2.43. The number of aromatic nitrogens is 1. The lowest BCUT2D eigenvalue weighted by Gasteiger charge is -2.09. The van der Waals surface area contributed by atoms with Crippen molar-refractivity contribution >= 4 is 23.3 Å². The number of nitrogens with one attached hydrogen (secondary N) is 2. The number of hydrogen-bond donors (Lipinski definition) is 3. The van der Waals surface area contributed by atoms with Crippen molar-refractivity contribution in [2.75, 3.05) is 13.1 Å². The molecule has 0 aromatic carbocycles. The maximum atomic E-state index is 5.55. The Hall–Kier alpha value is -2.13. The monoisotopic (exact) mass is 261 g/mol. The lowest BCUT2D eigenvalue weighted by atomic mass is 10.2. The van der Waals surface area contributed by atoms with Crippen LogP contribution in [-0.2, 0) is 6.42 Å². The van der Waals surface area contributed by atoms with Crippen LogP contribution in [0, 0.1) is 12.3 Å². The zero-order chi connectivity index (χ0) is 13.2. The number of nitrogens with zero attached hydrogens (tertiary/aromatic N) is 2. The normalized spacial score (nSPS) is 10.5. The van der Waals surface area contributed by atoms with Crippen molar-refractivity contribution < 1.29 is 0 Å². The summed E-state index contributed by atoms with van der Waals surface area (Å²) in [5.41, 5.74) is 6.74. The van der Waals surface area contributed by atoms with Crippen LogP contribution in [0.1, 0.15) is 5.56 Å². The van der Waals surface area contributed by atoms with Gasteiger partial charge in [-0.1, -0.05) is 5.92 Å². The van der Waals surface area contributed by atoms with Crippen molar-refractivity contribution in [1.29, 1.82) is 0 Å². The highest BCUT2D eigenvalue weighted by Gasteiger charge is 1.97. The summed E-state index contributed by atoms with van der Waals surface area (Å²) < 4.78 is 0. The maximum absolute atomic E-state index is 5.55. The van der Waals surface area contributed by atoms with Gasteiger partial charge in [0.1, 0.15) is 6.54 Å². The molecule has 94 valence electrons. The molecule has 1 aromatic rings. The molecule has 1 aromatic heterocycles. The Kier molecular flexibility index (Phi) is 6.22. The van der Waals surface area contributed by atoms with Crippen LogP contribution in [0.25, 0.3) is 0 Å². The summed E-state index contributed by atoms with van der Waals surface area (Å²) >= 11 is 5.05. The van der Waals surface area contributed by atoms with Crippen LogP contribution in [-0.4, -0.2) is 29.1 Å². The highest BCUT2D eigenvalue weighted by Crippen LogP contribution is 1.95. The minimum absolute atomic E-state index is 0.217. The molecule has 18 heavy (non-hydrogen) atoms. The first-order chi connectivity index (χ1) is 8.72. The number of guanidine groups is 1. The van der Waals surface area contributed by atoms with E-state index in [9.17, 15) is 0 Å². The van der Waals surface area contributed by atoms with Crippen LogP contribution in [0.15, 0.2) is 29.5 Å². The molecule has 0 amide bonds. The van der Waals surface area contributed by atoms with Gasteiger partial charge in [-0.25, -0.2) is 4.99 Å². The number of thiocarbonyl (C=S) groups is 1. The van der Waals surface area contributed by atoms with Gasteiger partial charge in [-0.2, -0.15) is 0 Å². The minimum atomic E-state index is 0.217. The van der Waals surface area contributed by atoms with Gasteiger partial charge in [0.05, 0.1) is 0 Å². The lowest BCUT2D eigenvalue weighted by molar-refractivity contribution is 0.858. The minimum Gasteiger partial charge on any atom is -0.370 e. The molecule has 0 fully saturated rings. The number of nitrogens with two attached hydrogens (primary N) is 1. The zero-order valence-corrected chi connectivity index (χ0v) is 10.7. The smallest absolute Gasteiger partial charge is 0.195 e. The second-order valence-corrected chi connectivity index (χ2v) is 3.80. The molecule has 0 aliphatic carbocycles. The van der Waals surface area contributed by atoms with Gasteiger partial charge in [-0.05, 0) is 36.3 Å². The summed E-state index contributed by atoms with van der Waals surface area (Å²) in [6.07, 6.45) is 9.43. The quantitative estimate of drug-likeness (QED) is 0.309. The van der Waals surface area contributed by atoms with Crippen molar-refractivity contribution in [2.45, 2.75) is 6.42 Å². The van der Waals surface area contributed by atoms with Gasteiger partial charge in [0.25, 0.3) is 0 Å². The van der Waals surface area contributed by atoms with Crippen LogP contribution >= 0.6 is 12.2 Å². The van der Waals surface area contributed by atoms with Crippen molar-refractivity contribution in [1.82, 2.24) is 15.6 Å². The molecule has 0 saturated carbocycles. The van der Waals surface area contributed by atoms with Crippen LogP contribution in [0.2, 0.25) is 0 Å². The molecule has 0 saturated heterocycles. The molecule has 1 rings (SSSR count). The molecule has 5 nitrogen and oxygen atoms in total. The summed E-state index contributed by atoms with van der Waals surface area (Å²) in [6, 6.07) is 3.92. The number of terminal acetylenes is 1. The number of aliphatic imine (C=N–C) groups is 1. The first kappa shape index (κ1) is 13.9. The highest BCUT2D eigenvalue weighted by atomic mass is 32.1. The van der Waals surface area contributed by atoms with E-state index in [0.29, 0.717) is 11.7 Å². The Balaban J connectivity index is 2.24. The summed E-state index contributed by atoms with van der Waals surface area (Å²) in [5.74, 6) is 2.58. The van der Waals surface area contributed by atoms with Crippen LogP contribution in [0.4, 0.5) is 0 Å². The Bertz CT molecular complexity index is 449. The SMILES string of the molecule is C#CCN=C(N)NC(=S)NCCc1ccncc1. The molecular formula is C12H15N5S. The molecule has 6 heteroatoms. The fraction of sp³-hybridized carbons (Fsp3) is 0.250. The van der Waals surface area contributed by atoms with Crippen LogP contribution in [0.5, 0.6) is 0 Å². The molecule has 0 aliphatic heterocycles. The zero-order valence-electron chi connectivity index (χ0n) is 9.89. The van der Waals surface area contributed by atoms with Gasteiger partial charge < -0.3 is 16.4 Å². The second kappa shape index (κ2) is 8.03. The molecule has 0 aliphatic rings. The predicted molar refractivity (Wildman–Crippen MR) is 77.0 cm³/mol. The van der Waals surface area contributed by atoms with Gasteiger partial charge in [-0.15, -0.1) is 6.42 Å². The van der Waals surface area contributed by atoms with E-state index < -0.39 is 0 Å². The first-order valence-corrected chi connectivity index (χ1v) is 5.80. The number of rotatable bonds is 4. The molecule has 0 radical (unpaired) electrons. The average molecular weight is 261 g/mol. The van der Waals surface area contributed by atoms with Gasteiger partial charge in [0, 0.05) is 18.9 Å². The highest BCUT2D eigenvalue weighted by molar-refractivity contribution is 7.80. The summed E-state index contributed by atoms with van der Waals surface area (Å²) in [6.45, 7) is 0.941. The van der Waals surface area contributed by atoms with E-state index in [0.717, 1.165) is 6.42 Å². The van der Waals surface area contributed by atoms with Crippen LogP contribution < -0.4 is 16.4 Å². The molecule has 0 atom stereocenters. The fourth-order valence-electron chi connectivity index (χ4n) is 1.20. The molecule has 0 unspecified atom stereocenters.